The minimum absolute atomic E-state index is 0.209. The van der Waals surface area contributed by atoms with Crippen molar-refractivity contribution in [3.05, 3.63) is 0 Å². The van der Waals surface area contributed by atoms with Crippen molar-refractivity contribution >= 4 is 37.9 Å². The quantitative estimate of drug-likeness (QED) is 0.264. The van der Waals surface area contributed by atoms with Gasteiger partial charge >= 0.3 is 37.9 Å². The molecule has 150 valence electrons. The Labute approximate surface area is 156 Å². The van der Waals surface area contributed by atoms with Crippen LogP contribution in [0.4, 0.5) is 0 Å². The average Bonchev–Trinajstić information content (AvgIpc) is 2.47. The Morgan fingerprint density at radius 1 is 0.600 bits per heavy atom. The molecule has 0 aliphatic heterocycles. The van der Waals surface area contributed by atoms with Crippen LogP contribution in [0.3, 0.4) is 0 Å². The molecule has 0 bridgehead atoms. The SMILES string of the molecule is CCCOP(C)(=O)[O][Al]([O]P(C)(=O)OCCC)[O]P(C)(=O)OCCC. The molecular weight excluding hydrogens is 408 g/mol. The highest BCUT2D eigenvalue weighted by atomic mass is 31.2. The second kappa shape index (κ2) is 12.4. The van der Waals surface area contributed by atoms with Crippen LogP contribution in [0.15, 0.2) is 0 Å². The third kappa shape index (κ3) is 13.7. The van der Waals surface area contributed by atoms with Crippen molar-refractivity contribution in [2.24, 2.45) is 0 Å². The topological polar surface area (TPSA) is 107 Å². The summed E-state index contributed by atoms with van der Waals surface area (Å²) in [7, 11) is -10.6. The Hall–Kier alpha value is 0.982. The summed E-state index contributed by atoms with van der Waals surface area (Å²) >= 11 is -3.40. The van der Waals surface area contributed by atoms with Crippen LogP contribution >= 0.6 is 22.8 Å². The minimum atomic E-state index is -3.53. The van der Waals surface area contributed by atoms with Crippen molar-refractivity contribution in [2.45, 2.75) is 40.0 Å². The molecule has 0 aliphatic carbocycles. The van der Waals surface area contributed by atoms with Crippen LogP contribution < -0.4 is 0 Å². The molecule has 0 aliphatic rings. The Bertz CT molecular complexity index is 445. The van der Waals surface area contributed by atoms with Gasteiger partial charge in [-0.15, -0.1) is 0 Å². The fourth-order valence-electron chi connectivity index (χ4n) is 1.39. The van der Waals surface area contributed by atoms with Gasteiger partial charge in [0.1, 0.15) is 0 Å². The van der Waals surface area contributed by atoms with Crippen molar-refractivity contribution in [2.75, 3.05) is 39.8 Å². The summed E-state index contributed by atoms with van der Waals surface area (Å²) in [6, 6.07) is 0. The molecule has 0 saturated heterocycles. The van der Waals surface area contributed by atoms with E-state index >= 15 is 0 Å². The highest BCUT2D eigenvalue weighted by Crippen LogP contribution is 2.54. The van der Waals surface area contributed by atoms with Crippen molar-refractivity contribution in [3.8, 4) is 0 Å². The van der Waals surface area contributed by atoms with Gasteiger partial charge in [-0.3, -0.25) is 13.7 Å². The maximum atomic E-state index is 12.4. The summed E-state index contributed by atoms with van der Waals surface area (Å²) in [4.78, 5) is 0. The van der Waals surface area contributed by atoms with E-state index < -0.39 is 37.9 Å². The molecule has 0 N–H and O–H groups in total. The molecule has 3 unspecified atom stereocenters. The fraction of sp³-hybridized carbons (Fsp3) is 1.00. The van der Waals surface area contributed by atoms with Crippen LogP contribution in [0.2, 0.25) is 0 Å². The van der Waals surface area contributed by atoms with Gasteiger partial charge in [-0.1, -0.05) is 20.8 Å². The first kappa shape index (κ1) is 26.0. The zero-order valence-corrected chi connectivity index (χ0v) is 19.7. The minimum Gasteiger partial charge on any atom is -0.385 e. The Morgan fingerprint density at radius 3 is 1.04 bits per heavy atom. The first-order valence-electron chi connectivity index (χ1n) is 8.18. The number of rotatable bonds is 15. The van der Waals surface area contributed by atoms with Gasteiger partial charge in [-0.05, 0) is 19.3 Å². The molecule has 0 amide bonds. The van der Waals surface area contributed by atoms with E-state index in [4.69, 9.17) is 24.3 Å². The third-order valence-corrected chi connectivity index (χ3v) is 11.0. The zero-order chi connectivity index (χ0) is 19.6. The molecule has 3 atom stereocenters. The molecule has 0 fully saturated rings. The van der Waals surface area contributed by atoms with Gasteiger partial charge in [0, 0.05) is 20.0 Å². The fourth-order valence-corrected chi connectivity index (χ4v) is 8.92. The molecule has 0 aromatic carbocycles. The van der Waals surface area contributed by atoms with Crippen LogP contribution in [-0.2, 0) is 38.0 Å². The smallest absolute Gasteiger partial charge is 0.385 e. The summed E-state index contributed by atoms with van der Waals surface area (Å²) in [5.74, 6) is 0. The van der Waals surface area contributed by atoms with Gasteiger partial charge in [0.25, 0.3) is 0 Å². The zero-order valence-electron chi connectivity index (χ0n) is 15.8. The summed E-state index contributed by atoms with van der Waals surface area (Å²) in [6.45, 7) is 9.91. The Kier molecular flexibility index (Phi) is 12.9. The van der Waals surface area contributed by atoms with Crippen LogP contribution in [0.25, 0.3) is 0 Å². The van der Waals surface area contributed by atoms with Crippen molar-refractivity contribution in [3.63, 3.8) is 0 Å². The van der Waals surface area contributed by atoms with Gasteiger partial charge in [0.15, 0.2) is 0 Å². The van der Waals surface area contributed by atoms with E-state index in [0.29, 0.717) is 19.3 Å². The second-order valence-electron chi connectivity index (χ2n) is 5.42. The second-order valence-corrected chi connectivity index (χ2v) is 13.9. The standard InChI is InChI=1S/3C4H11O3P.Al/c3*1-3-4-7-8(2,5)6;/h3*3-4H2,1-2H3,(H,5,6);/q;;;+3/p-3. The van der Waals surface area contributed by atoms with Crippen LogP contribution in [0.5, 0.6) is 0 Å². The monoisotopic (exact) mass is 438 g/mol. The largest absolute Gasteiger partial charge is 0.926 e. The predicted octanol–water partition coefficient (Wildman–Crippen LogP) is 4.77. The maximum Gasteiger partial charge on any atom is 0.926 e. The average molecular weight is 438 g/mol. The molecule has 0 saturated carbocycles. The third-order valence-electron chi connectivity index (χ3n) is 2.42. The van der Waals surface area contributed by atoms with E-state index in [1.807, 2.05) is 20.8 Å². The van der Waals surface area contributed by atoms with E-state index in [2.05, 4.69) is 0 Å². The van der Waals surface area contributed by atoms with Crippen LogP contribution in [0, 0.1) is 0 Å². The molecule has 0 aromatic rings. The molecule has 13 heteroatoms. The molecule has 9 nitrogen and oxygen atoms in total. The van der Waals surface area contributed by atoms with E-state index in [1.54, 1.807) is 0 Å². The normalized spacial score (nSPS) is 19.0. The molecule has 0 rings (SSSR count). The lowest BCUT2D eigenvalue weighted by atomic mass is 10.5. The van der Waals surface area contributed by atoms with Crippen molar-refractivity contribution in [1.82, 2.24) is 0 Å². The summed E-state index contributed by atoms with van der Waals surface area (Å²) < 4.78 is 68.4. The molecule has 0 radical (unpaired) electrons. The van der Waals surface area contributed by atoms with Crippen molar-refractivity contribution in [1.29, 1.82) is 0 Å². The van der Waals surface area contributed by atoms with E-state index in [1.165, 1.54) is 20.0 Å². The lowest BCUT2D eigenvalue weighted by Gasteiger charge is -2.24. The lowest BCUT2D eigenvalue weighted by Crippen LogP contribution is -2.25. The highest BCUT2D eigenvalue weighted by Gasteiger charge is 2.47. The molecule has 0 aromatic heterocycles. The summed E-state index contributed by atoms with van der Waals surface area (Å²) in [5.41, 5.74) is 0. The van der Waals surface area contributed by atoms with Crippen molar-refractivity contribution < 1.29 is 38.0 Å². The summed E-state index contributed by atoms with van der Waals surface area (Å²) in [5, 5.41) is 0. The van der Waals surface area contributed by atoms with E-state index in [9.17, 15) is 13.7 Å². The molecule has 25 heavy (non-hydrogen) atoms. The number of hydrogen-bond donors (Lipinski definition) is 0. The predicted molar refractivity (Wildman–Crippen MR) is 98.3 cm³/mol. The molecule has 0 spiro atoms. The van der Waals surface area contributed by atoms with Gasteiger partial charge in [-0.25, -0.2) is 0 Å². The summed E-state index contributed by atoms with van der Waals surface area (Å²) in [6.07, 6.45) is 1.90. The van der Waals surface area contributed by atoms with Crippen LogP contribution in [0.1, 0.15) is 40.0 Å². The molecule has 0 heterocycles. The lowest BCUT2D eigenvalue weighted by molar-refractivity contribution is 0.196. The van der Waals surface area contributed by atoms with E-state index in [-0.39, 0.29) is 19.8 Å². The Morgan fingerprint density at radius 2 is 0.840 bits per heavy atom. The van der Waals surface area contributed by atoms with Crippen LogP contribution in [-0.4, -0.2) is 55.0 Å². The van der Waals surface area contributed by atoms with Gasteiger partial charge in [0.05, 0.1) is 19.8 Å². The van der Waals surface area contributed by atoms with E-state index in [0.717, 1.165) is 0 Å². The number of hydrogen-bond acceptors (Lipinski definition) is 9. The van der Waals surface area contributed by atoms with Gasteiger partial charge in [0.2, 0.25) is 0 Å². The first-order valence-corrected chi connectivity index (χ1v) is 15.6. The molecular formula is C12H30AlO9P3. The van der Waals surface area contributed by atoms with Gasteiger partial charge < -0.3 is 24.3 Å². The Balaban J connectivity index is 5.13. The maximum absolute atomic E-state index is 12.4. The van der Waals surface area contributed by atoms with Gasteiger partial charge in [-0.2, -0.15) is 0 Å². The first-order chi connectivity index (χ1) is 11.5. The highest BCUT2D eigenvalue weighted by molar-refractivity contribution is 7.57.